The fourth-order valence-corrected chi connectivity index (χ4v) is 4.98. The van der Waals surface area contributed by atoms with Crippen LogP contribution in [-0.2, 0) is 16.4 Å². The van der Waals surface area contributed by atoms with Crippen LogP contribution in [0.5, 0.6) is 5.75 Å². The van der Waals surface area contributed by atoms with Crippen molar-refractivity contribution < 1.29 is 17.6 Å². The molecule has 1 N–H and O–H groups in total. The van der Waals surface area contributed by atoms with Gasteiger partial charge in [-0.1, -0.05) is 24.3 Å². The van der Waals surface area contributed by atoms with Crippen LogP contribution in [0.1, 0.15) is 30.2 Å². The summed E-state index contributed by atoms with van der Waals surface area (Å²) in [6.45, 7) is 0. The highest BCUT2D eigenvalue weighted by molar-refractivity contribution is 7.89. The third-order valence-electron chi connectivity index (χ3n) is 4.70. The van der Waals surface area contributed by atoms with E-state index in [0.29, 0.717) is 11.1 Å². The van der Waals surface area contributed by atoms with Gasteiger partial charge in [-0.25, -0.2) is 13.1 Å². The van der Waals surface area contributed by atoms with Crippen molar-refractivity contribution in [1.82, 2.24) is 4.72 Å². The number of rotatable bonds is 4. The van der Waals surface area contributed by atoms with Crippen LogP contribution in [0, 0.1) is 0 Å². The van der Waals surface area contributed by atoms with Crippen LogP contribution in [0.2, 0.25) is 0 Å². The molecule has 4 rings (SSSR count). The molecule has 2 aromatic carbocycles. The SMILES string of the molecule is COc1ccc(S(=O)(=O)NC2CCCc3occc32)c2ccccc12. The zero-order valence-corrected chi connectivity index (χ0v) is 14.7. The summed E-state index contributed by atoms with van der Waals surface area (Å²) in [4.78, 5) is 0.263. The molecule has 0 spiro atoms. The maximum Gasteiger partial charge on any atom is 0.241 e. The Hall–Kier alpha value is -2.31. The third-order valence-corrected chi connectivity index (χ3v) is 6.23. The van der Waals surface area contributed by atoms with E-state index < -0.39 is 10.0 Å². The van der Waals surface area contributed by atoms with Gasteiger partial charge in [0.25, 0.3) is 0 Å². The quantitative estimate of drug-likeness (QED) is 0.771. The molecule has 0 saturated carbocycles. The van der Waals surface area contributed by atoms with Gasteiger partial charge in [-0.05, 0) is 31.0 Å². The van der Waals surface area contributed by atoms with E-state index in [9.17, 15) is 8.42 Å². The minimum atomic E-state index is -3.68. The molecule has 130 valence electrons. The predicted octanol–water partition coefficient (Wildman–Crippen LogP) is 3.80. The monoisotopic (exact) mass is 357 g/mol. The fourth-order valence-electron chi connectivity index (χ4n) is 3.52. The van der Waals surface area contributed by atoms with Gasteiger partial charge in [0.1, 0.15) is 11.5 Å². The summed E-state index contributed by atoms with van der Waals surface area (Å²) in [5, 5.41) is 1.43. The topological polar surface area (TPSA) is 68.5 Å². The molecule has 1 atom stereocenters. The number of ether oxygens (including phenoxy) is 1. The molecular weight excluding hydrogens is 338 g/mol. The van der Waals surface area contributed by atoms with Gasteiger partial charge in [-0.2, -0.15) is 0 Å². The van der Waals surface area contributed by atoms with Gasteiger partial charge in [0.15, 0.2) is 0 Å². The molecule has 3 aromatic rings. The van der Waals surface area contributed by atoms with E-state index in [0.717, 1.165) is 36.0 Å². The molecule has 0 bridgehead atoms. The molecular formula is C19H19NO4S. The van der Waals surface area contributed by atoms with Crippen molar-refractivity contribution in [1.29, 1.82) is 0 Å². The maximum absolute atomic E-state index is 13.1. The Labute approximate surface area is 146 Å². The summed E-state index contributed by atoms with van der Waals surface area (Å²) >= 11 is 0. The Morgan fingerprint density at radius 1 is 1.12 bits per heavy atom. The summed E-state index contributed by atoms with van der Waals surface area (Å²) < 4.78 is 39.8. The number of sulfonamides is 1. The number of methoxy groups -OCH3 is 1. The van der Waals surface area contributed by atoms with Crippen molar-refractivity contribution in [2.45, 2.75) is 30.2 Å². The van der Waals surface area contributed by atoms with E-state index in [1.165, 1.54) is 0 Å². The number of furan rings is 1. The molecule has 0 fully saturated rings. The molecule has 0 saturated heterocycles. The average Bonchev–Trinajstić information content (AvgIpc) is 3.10. The molecule has 1 heterocycles. The van der Waals surface area contributed by atoms with Gasteiger partial charge < -0.3 is 9.15 Å². The molecule has 25 heavy (non-hydrogen) atoms. The first-order chi connectivity index (χ1) is 12.1. The minimum Gasteiger partial charge on any atom is -0.496 e. The number of nitrogens with one attached hydrogen (secondary N) is 1. The van der Waals surface area contributed by atoms with Crippen LogP contribution in [0.25, 0.3) is 10.8 Å². The van der Waals surface area contributed by atoms with E-state index >= 15 is 0 Å². The summed E-state index contributed by atoms with van der Waals surface area (Å²) in [6, 6.07) is 12.3. The summed E-state index contributed by atoms with van der Waals surface area (Å²) in [7, 11) is -2.10. The number of aryl methyl sites for hydroxylation is 1. The van der Waals surface area contributed by atoms with Crippen molar-refractivity contribution in [3.05, 3.63) is 60.1 Å². The zero-order chi connectivity index (χ0) is 17.4. The molecule has 1 aliphatic carbocycles. The number of fused-ring (bicyclic) bond motifs is 2. The Bertz CT molecular complexity index is 1020. The van der Waals surface area contributed by atoms with E-state index in [4.69, 9.17) is 9.15 Å². The summed E-state index contributed by atoms with van der Waals surface area (Å²) in [6.07, 6.45) is 4.14. The van der Waals surface area contributed by atoms with Crippen LogP contribution in [0.4, 0.5) is 0 Å². The third kappa shape index (κ3) is 2.81. The molecule has 1 aromatic heterocycles. The summed E-state index contributed by atoms with van der Waals surface area (Å²) in [5.41, 5.74) is 0.938. The molecule has 6 heteroatoms. The van der Waals surface area contributed by atoms with Crippen molar-refractivity contribution in [3.8, 4) is 5.75 Å². The van der Waals surface area contributed by atoms with Crippen molar-refractivity contribution in [2.24, 2.45) is 0 Å². The average molecular weight is 357 g/mol. The molecule has 5 nitrogen and oxygen atoms in total. The first kappa shape index (κ1) is 16.2. The van der Waals surface area contributed by atoms with Gasteiger partial charge in [0.2, 0.25) is 10.0 Å². The van der Waals surface area contributed by atoms with Gasteiger partial charge in [-0.3, -0.25) is 0 Å². The Morgan fingerprint density at radius 2 is 1.92 bits per heavy atom. The lowest BCUT2D eigenvalue weighted by atomic mass is 9.94. The van der Waals surface area contributed by atoms with Gasteiger partial charge in [0, 0.05) is 22.8 Å². The lowest BCUT2D eigenvalue weighted by Crippen LogP contribution is -2.30. The zero-order valence-electron chi connectivity index (χ0n) is 13.9. The van der Waals surface area contributed by atoms with Crippen molar-refractivity contribution in [3.63, 3.8) is 0 Å². The normalized spacial score (nSPS) is 17.4. The van der Waals surface area contributed by atoms with Crippen LogP contribution < -0.4 is 9.46 Å². The van der Waals surface area contributed by atoms with E-state index in [-0.39, 0.29) is 10.9 Å². The molecule has 0 amide bonds. The van der Waals surface area contributed by atoms with E-state index in [1.807, 2.05) is 24.3 Å². The minimum absolute atomic E-state index is 0.256. The molecule has 0 radical (unpaired) electrons. The van der Waals surface area contributed by atoms with Gasteiger partial charge in [0.05, 0.1) is 24.3 Å². The highest BCUT2D eigenvalue weighted by Gasteiger charge is 2.28. The van der Waals surface area contributed by atoms with Crippen LogP contribution in [0.15, 0.2) is 58.0 Å². The van der Waals surface area contributed by atoms with Crippen molar-refractivity contribution in [2.75, 3.05) is 7.11 Å². The smallest absolute Gasteiger partial charge is 0.241 e. The van der Waals surface area contributed by atoms with Gasteiger partial charge >= 0.3 is 0 Å². The molecule has 1 unspecified atom stereocenters. The number of hydrogen-bond acceptors (Lipinski definition) is 4. The van der Waals surface area contributed by atoms with Crippen LogP contribution >= 0.6 is 0 Å². The summed E-state index contributed by atoms with van der Waals surface area (Å²) in [5.74, 6) is 1.53. The molecule has 0 aliphatic heterocycles. The largest absolute Gasteiger partial charge is 0.496 e. The fraction of sp³-hybridized carbons (Fsp3) is 0.263. The van der Waals surface area contributed by atoms with Gasteiger partial charge in [-0.15, -0.1) is 0 Å². The number of hydrogen-bond donors (Lipinski definition) is 1. The Balaban J connectivity index is 1.76. The highest BCUT2D eigenvalue weighted by Crippen LogP contribution is 2.34. The lowest BCUT2D eigenvalue weighted by Gasteiger charge is -2.23. The second kappa shape index (κ2) is 6.20. The first-order valence-electron chi connectivity index (χ1n) is 8.24. The van der Waals surface area contributed by atoms with Crippen molar-refractivity contribution >= 4 is 20.8 Å². The van der Waals surface area contributed by atoms with Crippen LogP contribution in [0.3, 0.4) is 0 Å². The lowest BCUT2D eigenvalue weighted by molar-refractivity contribution is 0.419. The van der Waals surface area contributed by atoms with Crippen LogP contribution in [-0.4, -0.2) is 15.5 Å². The predicted molar refractivity (Wildman–Crippen MR) is 95.2 cm³/mol. The van der Waals surface area contributed by atoms with E-state index in [2.05, 4.69) is 4.72 Å². The standard InChI is InChI=1S/C19H19NO4S/c1-23-17-9-10-19(14-6-3-2-5-13(14)17)25(21,22)20-16-7-4-8-18-15(16)11-12-24-18/h2-3,5-6,9-12,16,20H,4,7-8H2,1H3. The first-order valence-corrected chi connectivity index (χ1v) is 9.73. The van der Waals surface area contributed by atoms with E-state index in [1.54, 1.807) is 31.6 Å². The second-order valence-corrected chi connectivity index (χ2v) is 7.86. The number of benzene rings is 2. The Morgan fingerprint density at radius 3 is 2.72 bits per heavy atom. The molecule has 1 aliphatic rings. The highest BCUT2D eigenvalue weighted by atomic mass is 32.2. The maximum atomic E-state index is 13.1. The Kier molecular flexibility index (Phi) is 4.01. The second-order valence-electron chi connectivity index (χ2n) is 6.18.